The first-order valence-corrected chi connectivity index (χ1v) is 6.36. The summed E-state index contributed by atoms with van der Waals surface area (Å²) in [4.78, 5) is 16.4. The van der Waals surface area contributed by atoms with Gasteiger partial charge in [-0.25, -0.2) is 0 Å². The zero-order chi connectivity index (χ0) is 13.8. The van der Waals surface area contributed by atoms with Crippen molar-refractivity contribution in [2.75, 3.05) is 0 Å². The van der Waals surface area contributed by atoms with Crippen LogP contribution in [0, 0.1) is 13.8 Å². The Kier molecular flexibility index (Phi) is 3.95. The van der Waals surface area contributed by atoms with Gasteiger partial charge in [0.25, 0.3) is 5.91 Å². The molecule has 2 aromatic rings. The Hall–Kier alpha value is -2.16. The predicted octanol–water partition coefficient (Wildman–Crippen LogP) is 3.19. The molecule has 0 fully saturated rings. The molecule has 1 N–H and O–H groups in total. The number of nitrogens with zero attached hydrogens (tertiary/aromatic N) is 1. The van der Waals surface area contributed by atoms with E-state index in [1.165, 1.54) is 0 Å². The van der Waals surface area contributed by atoms with Crippen LogP contribution >= 0.6 is 0 Å². The lowest BCUT2D eigenvalue weighted by Gasteiger charge is -2.14. The lowest BCUT2D eigenvalue weighted by Crippen LogP contribution is -2.27. The Labute approximate surface area is 113 Å². The summed E-state index contributed by atoms with van der Waals surface area (Å²) >= 11 is 0. The smallest absolute Gasteiger partial charge is 0.251 e. The van der Waals surface area contributed by atoms with Gasteiger partial charge in [-0.05, 0) is 45.0 Å². The van der Waals surface area contributed by atoms with Crippen LogP contribution in [0.4, 0.5) is 0 Å². The molecule has 0 aliphatic rings. The highest BCUT2D eigenvalue weighted by molar-refractivity contribution is 5.94. The molecule has 3 heteroatoms. The van der Waals surface area contributed by atoms with E-state index < -0.39 is 0 Å². The number of rotatable bonds is 3. The number of nitrogens with one attached hydrogen (secondary N) is 1. The average molecular weight is 254 g/mol. The number of aryl methyl sites for hydroxylation is 2. The summed E-state index contributed by atoms with van der Waals surface area (Å²) in [5.41, 5.74) is 3.74. The van der Waals surface area contributed by atoms with Gasteiger partial charge in [0.2, 0.25) is 0 Å². The van der Waals surface area contributed by atoms with Crippen LogP contribution in [0.2, 0.25) is 0 Å². The minimum atomic E-state index is -0.102. The second-order valence-electron chi connectivity index (χ2n) is 4.83. The molecule has 1 aromatic heterocycles. The summed E-state index contributed by atoms with van der Waals surface area (Å²) in [5.74, 6) is -0.0649. The Morgan fingerprint density at radius 1 is 1.16 bits per heavy atom. The van der Waals surface area contributed by atoms with E-state index in [1.807, 2.05) is 51.1 Å². The normalized spacial score (nSPS) is 11.9. The van der Waals surface area contributed by atoms with E-state index in [4.69, 9.17) is 0 Å². The fourth-order valence-corrected chi connectivity index (χ4v) is 2.09. The summed E-state index contributed by atoms with van der Waals surface area (Å²) < 4.78 is 0. The quantitative estimate of drug-likeness (QED) is 0.914. The molecule has 0 aliphatic heterocycles. The second-order valence-corrected chi connectivity index (χ2v) is 4.83. The number of carbonyl (C=O) groups is 1. The third kappa shape index (κ3) is 3.41. The van der Waals surface area contributed by atoms with Gasteiger partial charge < -0.3 is 5.32 Å². The van der Waals surface area contributed by atoms with Crippen LogP contribution in [0.5, 0.6) is 0 Å². The van der Waals surface area contributed by atoms with Gasteiger partial charge in [0.05, 0.1) is 11.7 Å². The van der Waals surface area contributed by atoms with Crippen LogP contribution in [-0.2, 0) is 0 Å². The van der Waals surface area contributed by atoms with Gasteiger partial charge in [-0.1, -0.05) is 23.3 Å². The molecule has 0 spiro atoms. The van der Waals surface area contributed by atoms with E-state index in [0.29, 0.717) is 5.56 Å². The Morgan fingerprint density at radius 2 is 1.84 bits per heavy atom. The van der Waals surface area contributed by atoms with Gasteiger partial charge in [-0.3, -0.25) is 9.78 Å². The summed E-state index contributed by atoms with van der Waals surface area (Å²) in [7, 11) is 0. The fourth-order valence-electron chi connectivity index (χ4n) is 2.09. The number of amides is 1. The number of pyridine rings is 1. The third-order valence-corrected chi connectivity index (χ3v) is 2.96. The van der Waals surface area contributed by atoms with Crippen LogP contribution in [0.15, 0.2) is 42.6 Å². The lowest BCUT2D eigenvalue weighted by atomic mass is 10.1. The predicted molar refractivity (Wildman–Crippen MR) is 76.0 cm³/mol. The molecule has 1 unspecified atom stereocenters. The summed E-state index contributed by atoms with van der Waals surface area (Å²) in [6.07, 6.45) is 1.73. The molecule has 0 bridgehead atoms. The SMILES string of the molecule is Cc1cc(C)cc(C(=O)NC(C)c2ccccn2)c1. The maximum Gasteiger partial charge on any atom is 0.251 e. The van der Waals surface area contributed by atoms with E-state index >= 15 is 0 Å². The molecule has 98 valence electrons. The topological polar surface area (TPSA) is 42.0 Å². The highest BCUT2D eigenvalue weighted by atomic mass is 16.1. The molecule has 1 amide bonds. The molecular weight excluding hydrogens is 236 g/mol. The first-order chi connectivity index (χ1) is 9.06. The van der Waals surface area contributed by atoms with Crippen LogP contribution in [0.25, 0.3) is 0 Å². The average Bonchev–Trinajstić information content (AvgIpc) is 2.38. The molecule has 3 nitrogen and oxygen atoms in total. The number of hydrogen-bond donors (Lipinski definition) is 1. The van der Waals surface area contributed by atoms with Crippen LogP contribution in [0.3, 0.4) is 0 Å². The summed E-state index contributed by atoms with van der Waals surface area (Å²) in [5, 5.41) is 2.97. The minimum Gasteiger partial charge on any atom is -0.344 e. The van der Waals surface area contributed by atoms with Crippen molar-refractivity contribution in [3.63, 3.8) is 0 Å². The van der Waals surface area contributed by atoms with Gasteiger partial charge in [-0.15, -0.1) is 0 Å². The Bertz CT molecular complexity index is 558. The standard InChI is InChI=1S/C16H18N2O/c1-11-8-12(2)10-14(9-11)16(19)18-13(3)15-6-4-5-7-17-15/h4-10,13H,1-3H3,(H,18,19). The largest absolute Gasteiger partial charge is 0.344 e. The molecule has 19 heavy (non-hydrogen) atoms. The molecule has 0 saturated heterocycles. The van der Waals surface area contributed by atoms with E-state index in [1.54, 1.807) is 6.20 Å². The van der Waals surface area contributed by atoms with Crippen molar-refractivity contribution in [3.8, 4) is 0 Å². The number of aromatic nitrogens is 1. The summed E-state index contributed by atoms with van der Waals surface area (Å²) in [6.45, 7) is 5.92. The van der Waals surface area contributed by atoms with Gasteiger partial charge >= 0.3 is 0 Å². The van der Waals surface area contributed by atoms with Gasteiger partial charge in [0, 0.05) is 11.8 Å². The number of benzene rings is 1. The highest BCUT2D eigenvalue weighted by Crippen LogP contribution is 2.12. The summed E-state index contributed by atoms with van der Waals surface area (Å²) in [6, 6.07) is 11.4. The van der Waals surface area contributed by atoms with Crippen LogP contribution in [-0.4, -0.2) is 10.9 Å². The zero-order valence-electron chi connectivity index (χ0n) is 11.5. The van der Waals surface area contributed by atoms with Gasteiger partial charge in [0.15, 0.2) is 0 Å². The lowest BCUT2D eigenvalue weighted by molar-refractivity contribution is 0.0939. The molecule has 0 radical (unpaired) electrons. The fraction of sp³-hybridized carbons (Fsp3) is 0.250. The van der Waals surface area contributed by atoms with E-state index in [2.05, 4.69) is 16.4 Å². The monoisotopic (exact) mass is 254 g/mol. The van der Waals surface area contributed by atoms with E-state index in [-0.39, 0.29) is 11.9 Å². The molecule has 1 aromatic carbocycles. The van der Waals surface area contributed by atoms with Gasteiger partial charge in [-0.2, -0.15) is 0 Å². The Balaban J connectivity index is 2.13. The first-order valence-electron chi connectivity index (χ1n) is 6.36. The van der Waals surface area contributed by atoms with Crippen LogP contribution in [0.1, 0.15) is 40.1 Å². The highest BCUT2D eigenvalue weighted by Gasteiger charge is 2.12. The molecule has 1 heterocycles. The van der Waals surface area contributed by atoms with Crippen molar-refractivity contribution in [1.29, 1.82) is 0 Å². The first kappa shape index (κ1) is 13.3. The van der Waals surface area contributed by atoms with E-state index in [0.717, 1.165) is 16.8 Å². The molecule has 0 aliphatic carbocycles. The Morgan fingerprint density at radius 3 is 2.42 bits per heavy atom. The van der Waals surface area contributed by atoms with Crippen molar-refractivity contribution in [2.45, 2.75) is 26.8 Å². The van der Waals surface area contributed by atoms with Crippen molar-refractivity contribution >= 4 is 5.91 Å². The molecule has 0 saturated carbocycles. The molecule has 2 rings (SSSR count). The van der Waals surface area contributed by atoms with Crippen molar-refractivity contribution in [3.05, 3.63) is 65.0 Å². The minimum absolute atomic E-state index is 0.0649. The van der Waals surface area contributed by atoms with Crippen molar-refractivity contribution < 1.29 is 4.79 Å². The number of hydrogen-bond acceptors (Lipinski definition) is 2. The molecule has 1 atom stereocenters. The number of carbonyl (C=O) groups excluding carboxylic acids is 1. The zero-order valence-corrected chi connectivity index (χ0v) is 11.5. The van der Waals surface area contributed by atoms with Crippen LogP contribution < -0.4 is 5.32 Å². The van der Waals surface area contributed by atoms with E-state index in [9.17, 15) is 4.79 Å². The second kappa shape index (κ2) is 5.65. The molecular formula is C16H18N2O. The van der Waals surface area contributed by atoms with Gasteiger partial charge in [0.1, 0.15) is 0 Å². The van der Waals surface area contributed by atoms with Crippen molar-refractivity contribution in [1.82, 2.24) is 10.3 Å². The maximum absolute atomic E-state index is 12.2. The third-order valence-electron chi connectivity index (χ3n) is 2.96. The van der Waals surface area contributed by atoms with Crippen molar-refractivity contribution in [2.24, 2.45) is 0 Å². The maximum atomic E-state index is 12.2.